The predicted molar refractivity (Wildman–Crippen MR) is 118 cm³/mol. The molecule has 1 aromatic heterocycles. The topological polar surface area (TPSA) is 69.4 Å². The summed E-state index contributed by atoms with van der Waals surface area (Å²) in [5.41, 5.74) is 3.34. The van der Waals surface area contributed by atoms with E-state index in [2.05, 4.69) is 24.2 Å². The summed E-state index contributed by atoms with van der Waals surface area (Å²) in [6, 6.07) is 13.4. The molecule has 0 aliphatic carbocycles. The number of phenolic OH excluding ortho intramolecular Hbond substituents is 1. The minimum absolute atomic E-state index is 0.168. The second-order valence-electron chi connectivity index (χ2n) is 8.06. The van der Waals surface area contributed by atoms with Crippen LogP contribution in [-0.4, -0.2) is 71.8 Å². The van der Waals surface area contributed by atoms with Gasteiger partial charge in [0.05, 0.1) is 20.1 Å². The van der Waals surface area contributed by atoms with Crippen LogP contribution in [0.2, 0.25) is 0 Å². The summed E-state index contributed by atoms with van der Waals surface area (Å²) in [4.78, 5) is 1.51. The van der Waals surface area contributed by atoms with Crippen molar-refractivity contribution in [1.29, 1.82) is 0 Å². The average molecular weight is 414 g/mol. The van der Waals surface area contributed by atoms with Crippen molar-refractivity contribution in [1.82, 2.24) is 15.0 Å². The number of hydrogen-bond acceptors (Lipinski definition) is 5. The molecule has 0 fully saturated rings. The molecule has 1 unspecified atom stereocenters. The van der Waals surface area contributed by atoms with E-state index in [9.17, 15) is 5.11 Å². The van der Waals surface area contributed by atoms with E-state index in [1.54, 1.807) is 20.3 Å². The molecule has 0 bridgehead atoms. The molecule has 0 saturated heterocycles. The molecule has 30 heavy (non-hydrogen) atoms. The highest BCUT2D eigenvalue weighted by molar-refractivity contribution is 5.73. The molecule has 7 nitrogen and oxygen atoms in total. The lowest BCUT2D eigenvalue weighted by atomic mass is 10.1. The van der Waals surface area contributed by atoms with Crippen LogP contribution in [-0.2, 0) is 15.9 Å². The van der Waals surface area contributed by atoms with Crippen molar-refractivity contribution in [3.05, 3.63) is 48.0 Å². The van der Waals surface area contributed by atoms with Gasteiger partial charge in [-0.2, -0.15) is 0 Å². The lowest BCUT2D eigenvalue weighted by Crippen LogP contribution is -2.51. The van der Waals surface area contributed by atoms with Crippen LogP contribution in [0.15, 0.2) is 42.5 Å². The zero-order chi connectivity index (χ0) is 21.6. The van der Waals surface area contributed by atoms with Crippen molar-refractivity contribution in [3.8, 4) is 11.4 Å². The van der Waals surface area contributed by atoms with E-state index in [0.717, 1.165) is 60.0 Å². The number of benzene rings is 2. The van der Waals surface area contributed by atoms with Crippen molar-refractivity contribution in [2.24, 2.45) is 0 Å². The van der Waals surface area contributed by atoms with Gasteiger partial charge in [-0.1, -0.05) is 31.5 Å². The molecule has 0 aliphatic rings. The minimum Gasteiger partial charge on any atom is -0.506 e. The number of hydrogen-bond donors (Lipinski definition) is 1. The molecular weight excluding hydrogens is 380 g/mol. The van der Waals surface area contributed by atoms with Gasteiger partial charge in [-0.15, -0.1) is 15.0 Å². The number of aromatic nitrogens is 3. The maximum atomic E-state index is 10.4. The summed E-state index contributed by atoms with van der Waals surface area (Å²) in [5, 5.41) is 19.4. The Kier molecular flexibility index (Phi) is 7.42. The summed E-state index contributed by atoms with van der Waals surface area (Å²) in [6.07, 6.45) is 2.96. The summed E-state index contributed by atoms with van der Waals surface area (Å²) >= 11 is 0. The molecule has 0 amide bonds. The summed E-state index contributed by atoms with van der Waals surface area (Å²) in [7, 11) is 5.63. The zero-order valence-electron chi connectivity index (χ0n) is 18.4. The number of quaternary nitrogens is 1. The first-order valence-corrected chi connectivity index (χ1v) is 10.5. The van der Waals surface area contributed by atoms with Crippen molar-refractivity contribution in [3.63, 3.8) is 0 Å². The van der Waals surface area contributed by atoms with Crippen LogP contribution < -0.4 is 0 Å². The van der Waals surface area contributed by atoms with E-state index in [-0.39, 0.29) is 12.0 Å². The molecule has 0 spiro atoms. The number of fused-ring (bicyclic) bond motifs is 1. The fourth-order valence-electron chi connectivity index (χ4n) is 3.69. The fraction of sp³-hybridized carbons (Fsp3) is 0.478. The predicted octanol–water partition coefficient (Wildman–Crippen LogP) is 3.53. The van der Waals surface area contributed by atoms with E-state index in [4.69, 9.17) is 9.47 Å². The number of rotatable bonds is 11. The molecule has 3 rings (SSSR count). The van der Waals surface area contributed by atoms with Gasteiger partial charge in [0.25, 0.3) is 0 Å². The standard InChI is InChI=1S/C23H32N4O3/c1-5-6-14-27(2,17-23(29-3)30-4)15-13-18-11-12-22(28)21(16-18)26-24-19-9-7-8-10-20(19)25-26/h7-12,16,23H,5-6,13-15,17H2,1-4H3/p+1. The molecule has 1 heterocycles. The largest absolute Gasteiger partial charge is 0.506 e. The Morgan fingerprint density at radius 2 is 1.70 bits per heavy atom. The van der Waals surface area contributed by atoms with Crippen LogP contribution >= 0.6 is 0 Å². The number of unbranched alkanes of at least 4 members (excludes halogenated alkanes) is 1. The van der Waals surface area contributed by atoms with E-state index in [1.807, 2.05) is 36.4 Å². The summed E-state index contributed by atoms with van der Waals surface area (Å²) < 4.78 is 11.8. The molecule has 0 saturated carbocycles. The second-order valence-corrected chi connectivity index (χ2v) is 8.06. The Hall–Kier alpha value is -2.48. The average Bonchev–Trinajstić information content (AvgIpc) is 3.19. The van der Waals surface area contributed by atoms with E-state index >= 15 is 0 Å². The monoisotopic (exact) mass is 413 g/mol. The Morgan fingerprint density at radius 1 is 1.03 bits per heavy atom. The van der Waals surface area contributed by atoms with E-state index in [1.165, 1.54) is 4.80 Å². The molecule has 2 aromatic carbocycles. The Balaban J connectivity index is 1.79. The van der Waals surface area contributed by atoms with Gasteiger partial charge in [-0.05, 0) is 36.2 Å². The lowest BCUT2D eigenvalue weighted by molar-refractivity contribution is -0.915. The molecule has 0 radical (unpaired) electrons. The van der Waals surface area contributed by atoms with Gasteiger partial charge in [-0.3, -0.25) is 0 Å². The summed E-state index contributed by atoms with van der Waals surface area (Å²) in [5.74, 6) is 0.168. The maximum Gasteiger partial charge on any atom is 0.207 e. The van der Waals surface area contributed by atoms with Crippen molar-refractivity contribution >= 4 is 11.0 Å². The normalized spacial score (nSPS) is 13.8. The highest BCUT2D eigenvalue weighted by Gasteiger charge is 2.26. The van der Waals surface area contributed by atoms with Crippen LogP contribution in [0.4, 0.5) is 0 Å². The highest BCUT2D eigenvalue weighted by atomic mass is 16.7. The Labute approximate surface area is 178 Å². The van der Waals surface area contributed by atoms with Crippen LogP contribution in [0.5, 0.6) is 5.75 Å². The third-order valence-electron chi connectivity index (χ3n) is 5.65. The van der Waals surface area contributed by atoms with Gasteiger partial charge in [0, 0.05) is 20.6 Å². The Morgan fingerprint density at radius 3 is 2.30 bits per heavy atom. The first-order valence-electron chi connectivity index (χ1n) is 10.5. The van der Waals surface area contributed by atoms with Crippen molar-refractivity contribution in [2.75, 3.05) is 40.9 Å². The van der Waals surface area contributed by atoms with E-state index in [0.29, 0.717) is 5.69 Å². The van der Waals surface area contributed by atoms with Gasteiger partial charge in [0.15, 0.2) is 0 Å². The van der Waals surface area contributed by atoms with E-state index < -0.39 is 0 Å². The van der Waals surface area contributed by atoms with Crippen LogP contribution in [0, 0.1) is 0 Å². The number of aromatic hydroxyl groups is 1. The number of nitrogens with zero attached hydrogens (tertiary/aromatic N) is 4. The molecule has 0 aliphatic heterocycles. The van der Waals surface area contributed by atoms with Gasteiger partial charge in [-0.25, -0.2) is 0 Å². The molecule has 1 N–H and O–H groups in total. The fourth-order valence-corrected chi connectivity index (χ4v) is 3.69. The van der Waals surface area contributed by atoms with Crippen LogP contribution in [0.25, 0.3) is 16.7 Å². The SMILES string of the molecule is CCCC[N+](C)(CCc1ccc(O)c(-n2nc3ccccc3n2)c1)CC(OC)OC. The maximum absolute atomic E-state index is 10.4. The van der Waals surface area contributed by atoms with Gasteiger partial charge in [0.2, 0.25) is 6.29 Å². The van der Waals surface area contributed by atoms with Crippen LogP contribution in [0.1, 0.15) is 25.3 Å². The first kappa shape index (κ1) is 22.2. The molecule has 1 atom stereocenters. The molecule has 3 aromatic rings. The number of likely N-dealkylation sites (N-methyl/N-ethyl adjacent to an activating group) is 1. The second kappa shape index (κ2) is 10.0. The van der Waals surface area contributed by atoms with Gasteiger partial charge < -0.3 is 19.1 Å². The van der Waals surface area contributed by atoms with Crippen LogP contribution in [0.3, 0.4) is 0 Å². The smallest absolute Gasteiger partial charge is 0.207 e. The number of methoxy groups -OCH3 is 2. The van der Waals surface area contributed by atoms with Gasteiger partial charge >= 0.3 is 0 Å². The van der Waals surface area contributed by atoms with Crippen molar-refractivity contribution in [2.45, 2.75) is 32.5 Å². The van der Waals surface area contributed by atoms with Crippen molar-refractivity contribution < 1.29 is 19.1 Å². The quantitative estimate of drug-likeness (QED) is 0.385. The number of ether oxygens (including phenoxy) is 2. The molecular formula is C23H33N4O3+. The minimum atomic E-state index is -0.220. The highest BCUT2D eigenvalue weighted by Crippen LogP contribution is 2.24. The summed E-state index contributed by atoms with van der Waals surface area (Å²) in [6.45, 7) is 5.02. The molecule has 7 heteroatoms. The Bertz CT molecular complexity index is 922. The lowest BCUT2D eigenvalue weighted by Gasteiger charge is -2.36. The molecule has 162 valence electrons. The third kappa shape index (κ3) is 5.36. The van der Waals surface area contributed by atoms with Gasteiger partial charge in [0.1, 0.15) is 29.0 Å². The third-order valence-corrected chi connectivity index (χ3v) is 5.65. The first-order chi connectivity index (χ1) is 14.5. The zero-order valence-corrected chi connectivity index (χ0v) is 18.4. The number of phenols is 1.